The van der Waals surface area contributed by atoms with Crippen molar-refractivity contribution in [3.8, 4) is 0 Å². The molecule has 1 aliphatic rings. The fourth-order valence-corrected chi connectivity index (χ4v) is 1.97. The summed E-state index contributed by atoms with van der Waals surface area (Å²) in [6.45, 7) is 5.55. The minimum Gasteiger partial charge on any atom is -0.379 e. The lowest BCUT2D eigenvalue weighted by molar-refractivity contribution is -0.0464. The van der Waals surface area contributed by atoms with E-state index in [1.54, 1.807) is 0 Å². The van der Waals surface area contributed by atoms with Crippen molar-refractivity contribution in [1.29, 1.82) is 0 Å². The molecule has 1 rings (SSSR count). The van der Waals surface area contributed by atoms with E-state index < -0.39 is 0 Å². The fraction of sp³-hybridized carbons (Fsp3) is 1.00. The first-order chi connectivity index (χ1) is 4.65. The Morgan fingerprint density at radius 3 is 2.50 bits per heavy atom. The molecule has 2 heteroatoms. The zero-order chi connectivity index (χ0) is 7.61. The fourth-order valence-electron chi connectivity index (χ4n) is 1.41. The van der Waals surface area contributed by atoms with Crippen molar-refractivity contribution in [2.24, 2.45) is 5.92 Å². The van der Waals surface area contributed by atoms with E-state index >= 15 is 0 Å². The van der Waals surface area contributed by atoms with Gasteiger partial charge in [0.25, 0.3) is 0 Å². The van der Waals surface area contributed by atoms with E-state index in [-0.39, 0.29) is 1.43 Å². The minimum atomic E-state index is 0. The van der Waals surface area contributed by atoms with Gasteiger partial charge in [-0.05, 0) is 25.2 Å². The van der Waals surface area contributed by atoms with Crippen molar-refractivity contribution >= 4 is 10.2 Å². The SMILES string of the molecule is CC(C)C1([SiH3])CCCCO1.[H+]. The van der Waals surface area contributed by atoms with Gasteiger partial charge in [0.2, 0.25) is 0 Å². The van der Waals surface area contributed by atoms with Gasteiger partial charge in [0, 0.05) is 16.8 Å². The summed E-state index contributed by atoms with van der Waals surface area (Å²) >= 11 is 0. The maximum absolute atomic E-state index is 5.79. The summed E-state index contributed by atoms with van der Waals surface area (Å²) in [5, 5.41) is 0.318. The molecule has 1 nitrogen and oxygen atoms in total. The molecule has 1 atom stereocenters. The highest BCUT2D eigenvalue weighted by atomic mass is 28.1. The Labute approximate surface area is 68.1 Å². The highest BCUT2D eigenvalue weighted by molar-refractivity contribution is 6.14. The molecule has 1 aliphatic heterocycles. The molecule has 0 N–H and O–H groups in total. The molecular weight excluding hydrogens is 140 g/mol. The third-order valence-electron chi connectivity index (χ3n) is 2.72. The van der Waals surface area contributed by atoms with Crippen LogP contribution in [0.4, 0.5) is 0 Å². The number of ether oxygens (including phenoxy) is 1. The average molecular weight is 159 g/mol. The molecule has 0 amide bonds. The minimum absolute atomic E-state index is 0. The van der Waals surface area contributed by atoms with E-state index in [0.717, 1.165) is 12.5 Å². The summed E-state index contributed by atoms with van der Waals surface area (Å²) in [6, 6.07) is 0. The van der Waals surface area contributed by atoms with Crippen LogP contribution in [0, 0.1) is 5.92 Å². The molecule has 1 saturated heterocycles. The second kappa shape index (κ2) is 3.05. The lowest BCUT2D eigenvalue weighted by atomic mass is 9.98. The third-order valence-corrected chi connectivity index (χ3v) is 4.66. The monoisotopic (exact) mass is 159 g/mol. The van der Waals surface area contributed by atoms with Crippen LogP contribution in [-0.4, -0.2) is 22.1 Å². The molecule has 0 saturated carbocycles. The maximum atomic E-state index is 5.79. The van der Waals surface area contributed by atoms with Crippen molar-refractivity contribution in [3.05, 3.63) is 0 Å². The highest BCUT2D eigenvalue weighted by Gasteiger charge is 2.30. The summed E-state index contributed by atoms with van der Waals surface area (Å²) in [6.07, 6.45) is 3.95. The Bertz CT molecular complexity index is 111. The summed E-state index contributed by atoms with van der Waals surface area (Å²) in [7, 11) is 1.19. The van der Waals surface area contributed by atoms with E-state index in [4.69, 9.17) is 4.74 Å². The first-order valence-electron chi connectivity index (χ1n) is 4.29. The maximum Gasteiger partial charge on any atom is 1.00 e. The van der Waals surface area contributed by atoms with Gasteiger partial charge in [0.05, 0.1) is 5.22 Å². The molecule has 1 unspecified atom stereocenters. The largest absolute Gasteiger partial charge is 1.00 e. The molecule has 0 aliphatic carbocycles. The van der Waals surface area contributed by atoms with Crippen molar-refractivity contribution < 1.29 is 6.16 Å². The van der Waals surface area contributed by atoms with Crippen molar-refractivity contribution in [1.82, 2.24) is 0 Å². The summed E-state index contributed by atoms with van der Waals surface area (Å²) in [5.74, 6) is 0.722. The molecule has 1 heterocycles. The van der Waals surface area contributed by atoms with Gasteiger partial charge in [-0.2, -0.15) is 0 Å². The Kier molecular flexibility index (Phi) is 2.53. The van der Waals surface area contributed by atoms with Crippen molar-refractivity contribution in [2.45, 2.75) is 38.3 Å². The van der Waals surface area contributed by atoms with Crippen LogP contribution in [0.15, 0.2) is 0 Å². The topological polar surface area (TPSA) is 9.23 Å². The first-order valence-corrected chi connectivity index (χ1v) is 5.29. The van der Waals surface area contributed by atoms with E-state index in [1.165, 1.54) is 29.5 Å². The summed E-state index contributed by atoms with van der Waals surface area (Å²) in [4.78, 5) is 0. The second-order valence-corrected chi connectivity index (χ2v) is 5.47. The molecule has 10 heavy (non-hydrogen) atoms. The third kappa shape index (κ3) is 1.61. The van der Waals surface area contributed by atoms with Gasteiger partial charge >= 0.3 is 1.43 Å². The van der Waals surface area contributed by atoms with Crippen LogP contribution in [0.3, 0.4) is 0 Å². The van der Waals surface area contributed by atoms with Crippen LogP contribution in [-0.2, 0) is 4.74 Å². The second-order valence-electron chi connectivity index (χ2n) is 3.77. The Balaban J connectivity index is 0.000001000. The lowest BCUT2D eigenvalue weighted by Crippen LogP contribution is -2.41. The lowest BCUT2D eigenvalue weighted by Gasteiger charge is -2.37. The van der Waals surface area contributed by atoms with Gasteiger partial charge in [0.1, 0.15) is 0 Å². The summed E-state index contributed by atoms with van der Waals surface area (Å²) < 4.78 is 5.79. The molecule has 1 fully saturated rings. The molecule has 60 valence electrons. The van der Waals surface area contributed by atoms with Gasteiger partial charge in [-0.1, -0.05) is 13.8 Å². The van der Waals surface area contributed by atoms with Crippen LogP contribution in [0.25, 0.3) is 0 Å². The molecule has 0 aromatic heterocycles. The molecule has 0 radical (unpaired) electrons. The number of hydrogen-bond acceptors (Lipinski definition) is 1. The zero-order valence-electron chi connectivity index (χ0n) is 8.31. The number of rotatable bonds is 1. The van der Waals surface area contributed by atoms with Gasteiger partial charge in [0.15, 0.2) is 0 Å². The highest BCUT2D eigenvalue weighted by Crippen LogP contribution is 2.28. The van der Waals surface area contributed by atoms with Gasteiger partial charge < -0.3 is 4.74 Å². The van der Waals surface area contributed by atoms with Crippen LogP contribution >= 0.6 is 0 Å². The van der Waals surface area contributed by atoms with Gasteiger partial charge in [-0.3, -0.25) is 0 Å². The zero-order valence-corrected chi connectivity index (χ0v) is 9.31. The van der Waals surface area contributed by atoms with E-state index in [0.29, 0.717) is 5.22 Å². The predicted octanol–water partition coefficient (Wildman–Crippen LogP) is 1.02. The Morgan fingerprint density at radius 1 is 1.50 bits per heavy atom. The normalized spacial score (nSPS) is 35.1. The quantitative estimate of drug-likeness (QED) is 0.519. The predicted molar refractivity (Wildman–Crippen MR) is 48.4 cm³/mol. The van der Waals surface area contributed by atoms with E-state index in [9.17, 15) is 0 Å². The smallest absolute Gasteiger partial charge is 0.379 e. The Hall–Kier alpha value is 0.177. The van der Waals surface area contributed by atoms with Crippen LogP contribution in [0.1, 0.15) is 34.5 Å². The standard InChI is InChI=1S/C8H18OSi/c1-7(2)8(10)5-3-4-6-9-8/h7H,3-6H2,1-2,10H3/p+1. The van der Waals surface area contributed by atoms with Crippen LogP contribution < -0.4 is 0 Å². The van der Waals surface area contributed by atoms with E-state index in [2.05, 4.69) is 13.8 Å². The Morgan fingerprint density at radius 2 is 2.20 bits per heavy atom. The summed E-state index contributed by atoms with van der Waals surface area (Å²) in [5.41, 5.74) is 0. The van der Waals surface area contributed by atoms with Crippen LogP contribution in [0.5, 0.6) is 0 Å². The first kappa shape index (κ1) is 8.28. The average Bonchev–Trinajstić information content (AvgIpc) is 1.89. The molecule has 0 spiro atoms. The molecule has 0 aromatic carbocycles. The molecular formula is C8H19OSi+. The molecule has 0 bridgehead atoms. The van der Waals surface area contributed by atoms with E-state index in [1.807, 2.05) is 0 Å². The van der Waals surface area contributed by atoms with Gasteiger partial charge in [-0.25, -0.2) is 0 Å². The van der Waals surface area contributed by atoms with Crippen molar-refractivity contribution in [3.63, 3.8) is 0 Å². The number of hydrogen-bond donors (Lipinski definition) is 0. The van der Waals surface area contributed by atoms with Gasteiger partial charge in [-0.15, -0.1) is 0 Å². The molecule has 0 aromatic rings. The van der Waals surface area contributed by atoms with Crippen molar-refractivity contribution in [2.75, 3.05) is 6.61 Å². The van der Waals surface area contributed by atoms with Crippen LogP contribution in [0.2, 0.25) is 0 Å².